The van der Waals surface area contributed by atoms with Gasteiger partial charge in [0.05, 0.1) is 0 Å². The molecular formula is C37H26N2. The van der Waals surface area contributed by atoms with Gasteiger partial charge in [-0.1, -0.05) is 103 Å². The van der Waals surface area contributed by atoms with E-state index in [-0.39, 0.29) is 0 Å². The summed E-state index contributed by atoms with van der Waals surface area (Å²) >= 11 is 0. The summed E-state index contributed by atoms with van der Waals surface area (Å²) in [5.41, 5.74) is 4.80. The van der Waals surface area contributed by atoms with Gasteiger partial charge in [0.15, 0.2) is 0 Å². The summed E-state index contributed by atoms with van der Waals surface area (Å²) in [6, 6.07) is 42.0. The van der Waals surface area contributed by atoms with Crippen molar-refractivity contribution in [3.63, 3.8) is 0 Å². The molecule has 0 fully saturated rings. The van der Waals surface area contributed by atoms with E-state index in [4.69, 9.17) is 0 Å². The Kier molecular flexibility index (Phi) is 5.53. The average molecular weight is 499 g/mol. The molecule has 0 unspecified atom stereocenters. The molecule has 0 N–H and O–H groups in total. The molecule has 2 nitrogen and oxygen atoms in total. The Hall–Kier alpha value is -5.08. The lowest BCUT2D eigenvalue weighted by atomic mass is 9.84. The standard InChI is InChI=1S/C37H26N2/c1-24(22-39-23-38-2)36-31-12-5-7-14-33(31)37(34-15-8-6-13-32(34)36)30-17-9-16-28-29(30)19-18-27-20-25-10-3-4-11-26(25)21-35(27)28/h3-23H,2H2,1H3/b24-22+,39-23?. The van der Waals surface area contributed by atoms with E-state index in [9.17, 15) is 0 Å². The van der Waals surface area contributed by atoms with Crippen molar-refractivity contribution in [1.29, 1.82) is 0 Å². The second-order valence-corrected chi connectivity index (χ2v) is 9.99. The zero-order valence-electron chi connectivity index (χ0n) is 21.7. The van der Waals surface area contributed by atoms with Crippen molar-refractivity contribution >= 4 is 72.5 Å². The maximum Gasteiger partial charge on any atom is 0.114 e. The fourth-order valence-corrected chi connectivity index (χ4v) is 6.10. The lowest BCUT2D eigenvalue weighted by molar-refractivity contribution is 1.52. The largest absolute Gasteiger partial charge is 0.253 e. The first-order valence-electron chi connectivity index (χ1n) is 13.2. The third-order valence-electron chi connectivity index (χ3n) is 7.76. The maximum atomic E-state index is 4.34. The van der Waals surface area contributed by atoms with Crippen LogP contribution in [0.1, 0.15) is 12.5 Å². The molecule has 0 saturated heterocycles. The van der Waals surface area contributed by atoms with Crippen LogP contribution in [0.3, 0.4) is 0 Å². The van der Waals surface area contributed by atoms with Gasteiger partial charge < -0.3 is 0 Å². The van der Waals surface area contributed by atoms with Gasteiger partial charge in [-0.3, -0.25) is 4.99 Å². The van der Waals surface area contributed by atoms with Gasteiger partial charge in [-0.25, -0.2) is 4.99 Å². The van der Waals surface area contributed by atoms with E-state index < -0.39 is 0 Å². The molecule has 0 aliphatic rings. The summed E-state index contributed by atoms with van der Waals surface area (Å²) in [7, 11) is 0. The first-order valence-corrected chi connectivity index (χ1v) is 13.2. The van der Waals surface area contributed by atoms with Crippen LogP contribution in [-0.2, 0) is 0 Å². The van der Waals surface area contributed by atoms with Gasteiger partial charge in [-0.2, -0.15) is 0 Å². The number of hydrogen-bond donors (Lipinski definition) is 0. The Morgan fingerprint density at radius 1 is 0.564 bits per heavy atom. The van der Waals surface area contributed by atoms with Crippen LogP contribution in [0.25, 0.3) is 70.6 Å². The molecule has 0 aliphatic carbocycles. The molecule has 7 aromatic rings. The highest BCUT2D eigenvalue weighted by Gasteiger charge is 2.18. The van der Waals surface area contributed by atoms with Gasteiger partial charge in [-0.05, 0) is 102 Å². The topological polar surface area (TPSA) is 24.7 Å². The number of rotatable bonds is 4. The Morgan fingerprint density at radius 3 is 1.87 bits per heavy atom. The molecule has 184 valence electrons. The highest BCUT2D eigenvalue weighted by Crippen LogP contribution is 2.44. The number of allylic oxidation sites excluding steroid dienone is 1. The molecule has 0 radical (unpaired) electrons. The highest BCUT2D eigenvalue weighted by atomic mass is 14.8. The quantitative estimate of drug-likeness (QED) is 0.0998. The first-order chi connectivity index (χ1) is 19.2. The number of benzene rings is 7. The van der Waals surface area contributed by atoms with Gasteiger partial charge in [0.1, 0.15) is 6.34 Å². The van der Waals surface area contributed by atoms with E-state index in [1.54, 1.807) is 0 Å². The molecule has 0 saturated carbocycles. The van der Waals surface area contributed by atoms with Crippen LogP contribution in [0.4, 0.5) is 0 Å². The second-order valence-electron chi connectivity index (χ2n) is 9.99. The van der Waals surface area contributed by atoms with Gasteiger partial charge in [0.25, 0.3) is 0 Å². The fraction of sp³-hybridized carbons (Fsp3) is 0.0270. The van der Waals surface area contributed by atoms with Crippen molar-refractivity contribution in [2.45, 2.75) is 6.92 Å². The summed E-state index contributed by atoms with van der Waals surface area (Å²) < 4.78 is 0. The molecule has 0 spiro atoms. The van der Waals surface area contributed by atoms with Gasteiger partial charge in [0, 0.05) is 6.20 Å². The number of fused-ring (bicyclic) bond motifs is 6. The Morgan fingerprint density at radius 2 is 1.18 bits per heavy atom. The van der Waals surface area contributed by atoms with Crippen LogP contribution in [0, 0.1) is 0 Å². The van der Waals surface area contributed by atoms with Crippen molar-refractivity contribution in [3.8, 4) is 11.1 Å². The summed E-state index contributed by atoms with van der Waals surface area (Å²) in [6.45, 7) is 5.62. The van der Waals surface area contributed by atoms with Crippen molar-refractivity contribution < 1.29 is 0 Å². The average Bonchev–Trinajstić information content (AvgIpc) is 2.98. The van der Waals surface area contributed by atoms with Crippen molar-refractivity contribution in [2.75, 3.05) is 0 Å². The molecule has 0 heterocycles. The van der Waals surface area contributed by atoms with Gasteiger partial charge in [-0.15, -0.1) is 0 Å². The minimum atomic E-state index is 1.09. The van der Waals surface area contributed by atoms with Crippen molar-refractivity contribution in [1.82, 2.24) is 0 Å². The molecule has 0 amide bonds. The zero-order valence-corrected chi connectivity index (χ0v) is 21.7. The molecule has 7 rings (SSSR count). The predicted octanol–water partition coefficient (Wildman–Crippen LogP) is 10.2. The van der Waals surface area contributed by atoms with E-state index in [0.717, 1.165) is 5.57 Å². The monoisotopic (exact) mass is 498 g/mol. The number of hydrogen-bond acceptors (Lipinski definition) is 1. The van der Waals surface area contributed by atoms with Crippen LogP contribution in [0.2, 0.25) is 0 Å². The molecule has 39 heavy (non-hydrogen) atoms. The highest BCUT2D eigenvalue weighted by molar-refractivity contribution is 6.23. The van der Waals surface area contributed by atoms with Crippen LogP contribution in [0.5, 0.6) is 0 Å². The Labute approximate surface area is 227 Å². The fourth-order valence-electron chi connectivity index (χ4n) is 6.10. The minimum absolute atomic E-state index is 1.09. The lowest BCUT2D eigenvalue weighted by Crippen LogP contribution is -1.93. The van der Waals surface area contributed by atoms with E-state index in [2.05, 4.69) is 139 Å². The molecule has 7 aromatic carbocycles. The summed E-state index contributed by atoms with van der Waals surface area (Å²) in [5.74, 6) is 0. The molecular weight excluding hydrogens is 472 g/mol. The molecule has 0 bridgehead atoms. The van der Waals surface area contributed by atoms with Crippen molar-refractivity contribution in [3.05, 3.63) is 127 Å². The van der Waals surface area contributed by atoms with Crippen molar-refractivity contribution in [2.24, 2.45) is 9.98 Å². The second kappa shape index (κ2) is 9.34. The number of nitrogens with zero attached hydrogens (tertiary/aromatic N) is 2. The van der Waals surface area contributed by atoms with Crippen LogP contribution >= 0.6 is 0 Å². The van der Waals surface area contributed by atoms with E-state index >= 15 is 0 Å². The molecule has 0 aliphatic heterocycles. The minimum Gasteiger partial charge on any atom is -0.253 e. The third-order valence-corrected chi connectivity index (χ3v) is 7.76. The SMILES string of the molecule is C=NC=N/C=C(\C)c1c2ccccc2c(-c2cccc3c2ccc2cc4ccccc4cc23)c2ccccc12. The van der Waals surface area contributed by atoms with E-state index in [1.807, 2.05) is 6.20 Å². The Balaban J connectivity index is 1.60. The first kappa shape index (κ1) is 23.1. The van der Waals surface area contributed by atoms with E-state index in [1.165, 1.54) is 76.9 Å². The maximum absolute atomic E-state index is 4.34. The van der Waals surface area contributed by atoms with Crippen LogP contribution in [-0.4, -0.2) is 13.1 Å². The lowest BCUT2D eigenvalue weighted by Gasteiger charge is -2.19. The Bertz CT molecular complexity index is 2090. The zero-order chi connectivity index (χ0) is 26.3. The summed E-state index contributed by atoms with van der Waals surface area (Å²) in [6.07, 6.45) is 3.35. The van der Waals surface area contributed by atoms with Gasteiger partial charge >= 0.3 is 0 Å². The number of aliphatic imine (C=N–C) groups is 2. The normalized spacial score (nSPS) is 12.4. The summed E-state index contributed by atoms with van der Waals surface area (Å²) in [4.78, 5) is 8.10. The third kappa shape index (κ3) is 3.72. The molecule has 0 aromatic heterocycles. The van der Waals surface area contributed by atoms with Crippen LogP contribution in [0.15, 0.2) is 131 Å². The van der Waals surface area contributed by atoms with Gasteiger partial charge in [0.2, 0.25) is 0 Å². The van der Waals surface area contributed by atoms with Crippen LogP contribution < -0.4 is 0 Å². The molecule has 2 heteroatoms. The molecule has 0 atom stereocenters. The smallest absolute Gasteiger partial charge is 0.114 e. The summed E-state index contributed by atoms with van der Waals surface area (Å²) in [5, 5.41) is 12.5. The van der Waals surface area contributed by atoms with E-state index in [0.29, 0.717) is 0 Å². The predicted molar refractivity (Wildman–Crippen MR) is 171 cm³/mol.